The molecule has 0 spiro atoms. The molecule has 0 aliphatic carbocycles. The van der Waals surface area contributed by atoms with E-state index >= 15 is 0 Å². The topological polar surface area (TPSA) is 67.8 Å². The normalized spacial score (nSPS) is 11.4. The Bertz CT molecular complexity index is 803. The molecule has 0 bridgehead atoms. The van der Waals surface area contributed by atoms with E-state index in [0.29, 0.717) is 37.1 Å². The second kappa shape index (κ2) is 13.6. The summed E-state index contributed by atoms with van der Waals surface area (Å²) in [5.41, 5.74) is 1.45. The predicted octanol–water partition coefficient (Wildman–Crippen LogP) is 5.14. The van der Waals surface area contributed by atoms with Gasteiger partial charge in [-0.05, 0) is 19.9 Å². The number of hydrogen-bond acceptors (Lipinski definition) is 5. The Balaban J connectivity index is 0.00000450. The zero-order valence-corrected chi connectivity index (χ0v) is 20.7. The standard InChI is InChI=1S/C20H28F2N4O2S.HI/c1-5-23-20(25-11-15-12-29-18(26-15)13(3)4)24-10-14-8-7-9-16(27-6-2)17(14)28-19(21)22;/h7-9,12-13,19H,5-6,10-11H2,1-4H3,(H2,23,24,25);1H. The van der Waals surface area contributed by atoms with E-state index in [-0.39, 0.29) is 42.0 Å². The largest absolute Gasteiger partial charge is 0.490 e. The van der Waals surface area contributed by atoms with Gasteiger partial charge < -0.3 is 20.1 Å². The lowest BCUT2D eigenvalue weighted by molar-refractivity contribution is -0.0520. The summed E-state index contributed by atoms with van der Waals surface area (Å²) in [5, 5.41) is 9.48. The molecule has 0 fully saturated rings. The Hall–Kier alpha value is -1.69. The molecule has 0 saturated carbocycles. The van der Waals surface area contributed by atoms with Crippen molar-refractivity contribution in [2.24, 2.45) is 4.99 Å². The fourth-order valence-electron chi connectivity index (χ4n) is 2.53. The van der Waals surface area contributed by atoms with Crippen molar-refractivity contribution < 1.29 is 18.3 Å². The zero-order valence-electron chi connectivity index (χ0n) is 17.6. The number of para-hydroxylation sites is 1. The number of nitrogens with zero attached hydrogens (tertiary/aromatic N) is 2. The second-order valence-electron chi connectivity index (χ2n) is 6.44. The Kier molecular flexibility index (Phi) is 11.9. The number of ether oxygens (including phenoxy) is 2. The van der Waals surface area contributed by atoms with Crippen LogP contribution < -0.4 is 20.1 Å². The summed E-state index contributed by atoms with van der Waals surface area (Å²) in [4.78, 5) is 9.09. The maximum absolute atomic E-state index is 12.9. The van der Waals surface area contributed by atoms with Crippen LogP contribution in [0.1, 0.15) is 49.9 Å². The first-order valence-electron chi connectivity index (χ1n) is 9.60. The average Bonchev–Trinajstić information content (AvgIpc) is 3.15. The first-order chi connectivity index (χ1) is 13.9. The van der Waals surface area contributed by atoms with E-state index in [4.69, 9.17) is 9.47 Å². The van der Waals surface area contributed by atoms with Crippen LogP contribution in [0.25, 0.3) is 0 Å². The molecule has 0 aliphatic heterocycles. The second-order valence-corrected chi connectivity index (χ2v) is 7.33. The number of rotatable bonds is 10. The number of aromatic nitrogens is 1. The van der Waals surface area contributed by atoms with Gasteiger partial charge in [0.25, 0.3) is 0 Å². The van der Waals surface area contributed by atoms with E-state index in [1.807, 2.05) is 12.3 Å². The van der Waals surface area contributed by atoms with Crippen LogP contribution in [0.15, 0.2) is 28.6 Å². The molecule has 1 aromatic carbocycles. The van der Waals surface area contributed by atoms with Crippen LogP contribution >= 0.6 is 35.3 Å². The van der Waals surface area contributed by atoms with E-state index in [1.54, 1.807) is 36.5 Å². The van der Waals surface area contributed by atoms with E-state index < -0.39 is 6.61 Å². The summed E-state index contributed by atoms with van der Waals surface area (Å²) < 4.78 is 35.8. The smallest absolute Gasteiger partial charge is 0.387 e. The van der Waals surface area contributed by atoms with Crippen LogP contribution in [-0.2, 0) is 13.1 Å². The summed E-state index contributed by atoms with van der Waals surface area (Å²) in [5.74, 6) is 1.25. The van der Waals surface area contributed by atoms with E-state index in [0.717, 1.165) is 10.7 Å². The Morgan fingerprint density at radius 3 is 2.60 bits per heavy atom. The van der Waals surface area contributed by atoms with Gasteiger partial charge in [0, 0.05) is 23.4 Å². The lowest BCUT2D eigenvalue weighted by Crippen LogP contribution is -2.36. The first-order valence-corrected chi connectivity index (χ1v) is 10.5. The average molecular weight is 554 g/mol. The van der Waals surface area contributed by atoms with Gasteiger partial charge in [0.05, 0.1) is 30.4 Å². The van der Waals surface area contributed by atoms with Gasteiger partial charge in [0.2, 0.25) is 0 Å². The molecule has 0 aliphatic rings. The highest BCUT2D eigenvalue weighted by Gasteiger charge is 2.15. The van der Waals surface area contributed by atoms with Crippen molar-refractivity contribution in [1.82, 2.24) is 15.6 Å². The maximum atomic E-state index is 12.9. The molecular weight excluding hydrogens is 525 g/mol. The number of alkyl halides is 2. The van der Waals surface area contributed by atoms with Gasteiger partial charge in [0.15, 0.2) is 17.5 Å². The van der Waals surface area contributed by atoms with Crippen molar-refractivity contribution in [2.45, 2.75) is 53.3 Å². The summed E-state index contributed by atoms with van der Waals surface area (Å²) in [6.45, 7) is 6.72. The van der Waals surface area contributed by atoms with Gasteiger partial charge in [0.1, 0.15) is 0 Å². The molecule has 2 rings (SSSR count). The van der Waals surface area contributed by atoms with Gasteiger partial charge >= 0.3 is 6.61 Å². The Morgan fingerprint density at radius 2 is 2.00 bits per heavy atom. The molecule has 168 valence electrons. The lowest BCUT2D eigenvalue weighted by atomic mass is 10.2. The van der Waals surface area contributed by atoms with Crippen LogP contribution in [0, 0.1) is 0 Å². The summed E-state index contributed by atoms with van der Waals surface area (Å²) >= 11 is 1.63. The molecule has 10 heteroatoms. The van der Waals surface area contributed by atoms with Gasteiger partial charge in [-0.15, -0.1) is 35.3 Å². The molecule has 2 aromatic rings. The number of hydrogen-bond donors (Lipinski definition) is 2. The summed E-state index contributed by atoms with van der Waals surface area (Å²) in [7, 11) is 0. The molecule has 0 radical (unpaired) electrons. The number of benzene rings is 1. The number of aliphatic imine (C=N–C) groups is 1. The summed E-state index contributed by atoms with van der Waals surface area (Å²) in [6.07, 6.45) is 0. The molecule has 1 aromatic heterocycles. The van der Waals surface area contributed by atoms with Gasteiger partial charge in [-0.2, -0.15) is 8.78 Å². The molecule has 0 atom stereocenters. The van der Waals surface area contributed by atoms with Crippen molar-refractivity contribution in [3.8, 4) is 11.5 Å². The number of thiazole rings is 1. The van der Waals surface area contributed by atoms with Crippen molar-refractivity contribution in [2.75, 3.05) is 13.2 Å². The minimum Gasteiger partial charge on any atom is -0.490 e. The molecule has 1 heterocycles. The number of halogens is 3. The SMILES string of the molecule is CCNC(=NCc1cccc(OCC)c1OC(F)F)NCc1csc(C(C)C)n1.I. The predicted molar refractivity (Wildman–Crippen MR) is 128 cm³/mol. The summed E-state index contributed by atoms with van der Waals surface area (Å²) in [6, 6.07) is 5.03. The first kappa shape index (κ1) is 26.3. The number of nitrogens with one attached hydrogen (secondary N) is 2. The van der Waals surface area contributed by atoms with Crippen LogP contribution in [0.5, 0.6) is 11.5 Å². The Morgan fingerprint density at radius 1 is 1.23 bits per heavy atom. The molecule has 0 amide bonds. The van der Waals surface area contributed by atoms with E-state index in [1.165, 1.54) is 0 Å². The third kappa shape index (κ3) is 8.21. The minimum absolute atomic E-state index is 0. The van der Waals surface area contributed by atoms with Crippen molar-refractivity contribution in [1.29, 1.82) is 0 Å². The minimum atomic E-state index is -2.94. The van der Waals surface area contributed by atoms with Gasteiger partial charge in [-0.25, -0.2) is 9.98 Å². The molecule has 0 unspecified atom stereocenters. The van der Waals surface area contributed by atoms with Crippen molar-refractivity contribution >= 4 is 41.3 Å². The van der Waals surface area contributed by atoms with Crippen LogP contribution in [0.4, 0.5) is 8.78 Å². The van der Waals surface area contributed by atoms with Crippen molar-refractivity contribution in [3.05, 3.63) is 39.8 Å². The molecule has 0 saturated heterocycles. The highest BCUT2D eigenvalue weighted by Crippen LogP contribution is 2.33. The van der Waals surface area contributed by atoms with Crippen LogP contribution in [0.2, 0.25) is 0 Å². The van der Waals surface area contributed by atoms with Crippen molar-refractivity contribution in [3.63, 3.8) is 0 Å². The van der Waals surface area contributed by atoms with Gasteiger partial charge in [-0.1, -0.05) is 26.0 Å². The van der Waals surface area contributed by atoms with E-state index in [2.05, 4.69) is 34.5 Å². The van der Waals surface area contributed by atoms with Gasteiger partial charge in [-0.3, -0.25) is 0 Å². The zero-order chi connectivity index (χ0) is 21.2. The third-order valence-corrected chi connectivity index (χ3v) is 5.01. The van der Waals surface area contributed by atoms with Crippen LogP contribution in [0.3, 0.4) is 0 Å². The van der Waals surface area contributed by atoms with Crippen LogP contribution in [-0.4, -0.2) is 30.7 Å². The third-order valence-electron chi connectivity index (χ3n) is 3.82. The maximum Gasteiger partial charge on any atom is 0.387 e. The quantitative estimate of drug-likeness (QED) is 0.242. The van der Waals surface area contributed by atoms with E-state index in [9.17, 15) is 8.78 Å². The Labute approximate surface area is 197 Å². The number of guanidine groups is 1. The molecule has 30 heavy (non-hydrogen) atoms. The highest BCUT2D eigenvalue weighted by atomic mass is 127. The highest BCUT2D eigenvalue weighted by molar-refractivity contribution is 14.0. The lowest BCUT2D eigenvalue weighted by Gasteiger charge is -2.15. The fourth-order valence-corrected chi connectivity index (χ4v) is 3.36. The molecular formula is C20H29F2IN4O2S. The molecule has 2 N–H and O–H groups in total. The fraction of sp³-hybridized carbons (Fsp3) is 0.500. The monoisotopic (exact) mass is 554 g/mol. The molecule has 6 nitrogen and oxygen atoms in total.